The summed E-state index contributed by atoms with van der Waals surface area (Å²) in [5.74, 6) is 0.581. The van der Waals surface area contributed by atoms with E-state index >= 15 is 0 Å². The molecule has 1 aromatic heterocycles. The predicted octanol–water partition coefficient (Wildman–Crippen LogP) is 3.47. The Morgan fingerprint density at radius 1 is 1.15 bits per heavy atom. The summed E-state index contributed by atoms with van der Waals surface area (Å²) in [7, 11) is 0. The van der Waals surface area contributed by atoms with Crippen LogP contribution in [0.15, 0.2) is 59.0 Å². The monoisotopic (exact) mass is 361 g/mol. The third-order valence-corrected chi connectivity index (χ3v) is 4.26. The number of benzene rings is 2. The molecule has 1 aliphatic rings. The molecule has 6 heteroatoms. The zero-order valence-corrected chi connectivity index (χ0v) is 14.6. The molecule has 0 spiro atoms. The Bertz CT molecular complexity index is 1000. The summed E-state index contributed by atoms with van der Waals surface area (Å²) in [6.45, 7) is -0.109. The van der Waals surface area contributed by atoms with E-state index in [1.54, 1.807) is 24.3 Å². The van der Waals surface area contributed by atoms with E-state index in [1.807, 2.05) is 30.3 Å². The SMILES string of the molecule is O=C(/C=C/c1ccccc1)NCC(=O)Nc1ccc2oc(C3CC3)nc2c1. The van der Waals surface area contributed by atoms with Gasteiger partial charge in [-0.05, 0) is 42.7 Å². The van der Waals surface area contributed by atoms with E-state index in [2.05, 4.69) is 15.6 Å². The van der Waals surface area contributed by atoms with E-state index in [-0.39, 0.29) is 18.4 Å². The van der Waals surface area contributed by atoms with E-state index in [9.17, 15) is 9.59 Å². The molecule has 0 saturated heterocycles. The fourth-order valence-electron chi connectivity index (χ4n) is 2.70. The van der Waals surface area contributed by atoms with Crippen LogP contribution in [-0.4, -0.2) is 23.3 Å². The van der Waals surface area contributed by atoms with E-state index in [4.69, 9.17) is 4.42 Å². The van der Waals surface area contributed by atoms with Gasteiger partial charge >= 0.3 is 0 Å². The lowest BCUT2D eigenvalue weighted by Crippen LogP contribution is -2.31. The molecule has 1 heterocycles. The first-order valence-electron chi connectivity index (χ1n) is 8.89. The number of nitrogens with zero attached hydrogens (tertiary/aromatic N) is 1. The van der Waals surface area contributed by atoms with Crippen LogP contribution in [0.4, 0.5) is 5.69 Å². The van der Waals surface area contributed by atoms with Crippen molar-refractivity contribution >= 4 is 34.7 Å². The maximum Gasteiger partial charge on any atom is 0.244 e. The van der Waals surface area contributed by atoms with Crippen LogP contribution in [0.25, 0.3) is 17.2 Å². The second kappa shape index (κ2) is 7.45. The quantitative estimate of drug-likeness (QED) is 0.659. The van der Waals surface area contributed by atoms with E-state index < -0.39 is 0 Å². The van der Waals surface area contributed by atoms with Crippen molar-refractivity contribution in [3.05, 3.63) is 66.1 Å². The molecule has 1 aliphatic carbocycles. The molecule has 6 nitrogen and oxygen atoms in total. The van der Waals surface area contributed by atoms with Gasteiger partial charge in [-0.25, -0.2) is 4.98 Å². The summed E-state index contributed by atoms with van der Waals surface area (Å²) >= 11 is 0. The lowest BCUT2D eigenvalue weighted by Gasteiger charge is -2.05. The van der Waals surface area contributed by atoms with Gasteiger partial charge in [0.15, 0.2) is 11.5 Å². The number of carbonyl (C=O) groups is 2. The first-order chi connectivity index (χ1) is 13.2. The van der Waals surface area contributed by atoms with Crippen LogP contribution in [0, 0.1) is 0 Å². The number of anilines is 1. The highest BCUT2D eigenvalue weighted by Gasteiger charge is 2.28. The Labute approximate surface area is 156 Å². The Hall–Kier alpha value is -3.41. The molecule has 0 unspecified atom stereocenters. The molecule has 1 fully saturated rings. The minimum atomic E-state index is -0.324. The number of hydrogen-bond acceptors (Lipinski definition) is 4. The summed E-state index contributed by atoms with van der Waals surface area (Å²) in [6.07, 6.45) is 5.34. The maximum absolute atomic E-state index is 12.1. The molecule has 1 saturated carbocycles. The topological polar surface area (TPSA) is 84.2 Å². The number of amides is 2. The van der Waals surface area contributed by atoms with Crippen LogP contribution in [-0.2, 0) is 9.59 Å². The normalized spacial score (nSPS) is 13.8. The van der Waals surface area contributed by atoms with Crippen molar-refractivity contribution in [2.75, 3.05) is 11.9 Å². The van der Waals surface area contributed by atoms with Gasteiger partial charge in [-0.15, -0.1) is 0 Å². The van der Waals surface area contributed by atoms with Crippen LogP contribution in [0.2, 0.25) is 0 Å². The average Bonchev–Trinajstić information content (AvgIpc) is 3.45. The van der Waals surface area contributed by atoms with Crippen molar-refractivity contribution in [3.8, 4) is 0 Å². The van der Waals surface area contributed by atoms with Gasteiger partial charge < -0.3 is 15.1 Å². The molecule has 0 radical (unpaired) electrons. The molecular formula is C21H19N3O3. The number of aromatic nitrogens is 1. The largest absolute Gasteiger partial charge is 0.440 e. The highest BCUT2D eigenvalue weighted by atomic mass is 16.3. The summed E-state index contributed by atoms with van der Waals surface area (Å²) < 4.78 is 5.71. The lowest BCUT2D eigenvalue weighted by molar-refractivity contribution is -0.121. The van der Waals surface area contributed by atoms with Gasteiger partial charge in [0.2, 0.25) is 11.8 Å². The Kier molecular flexibility index (Phi) is 4.70. The van der Waals surface area contributed by atoms with Gasteiger partial charge in [-0.2, -0.15) is 0 Å². The zero-order chi connectivity index (χ0) is 18.6. The fourth-order valence-corrected chi connectivity index (χ4v) is 2.70. The molecule has 27 heavy (non-hydrogen) atoms. The second-order valence-electron chi connectivity index (χ2n) is 6.52. The third-order valence-electron chi connectivity index (χ3n) is 4.26. The number of fused-ring (bicyclic) bond motifs is 1. The Balaban J connectivity index is 1.30. The predicted molar refractivity (Wildman–Crippen MR) is 103 cm³/mol. The maximum atomic E-state index is 12.1. The van der Waals surface area contributed by atoms with Gasteiger partial charge in [0.05, 0.1) is 6.54 Å². The van der Waals surface area contributed by atoms with Gasteiger partial charge in [-0.3, -0.25) is 9.59 Å². The number of carbonyl (C=O) groups excluding carboxylic acids is 2. The molecule has 2 aromatic carbocycles. The first-order valence-corrected chi connectivity index (χ1v) is 8.89. The summed E-state index contributed by atoms with van der Waals surface area (Å²) in [6, 6.07) is 14.8. The molecule has 3 aromatic rings. The summed E-state index contributed by atoms with van der Waals surface area (Å²) in [4.78, 5) is 28.4. The fraction of sp³-hybridized carbons (Fsp3) is 0.190. The highest BCUT2D eigenvalue weighted by molar-refractivity contribution is 5.98. The number of hydrogen-bond donors (Lipinski definition) is 2. The van der Waals surface area contributed by atoms with E-state index in [0.29, 0.717) is 17.2 Å². The summed E-state index contributed by atoms with van der Waals surface area (Å²) in [5, 5.41) is 5.32. The van der Waals surface area contributed by atoms with Crippen molar-refractivity contribution in [3.63, 3.8) is 0 Å². The third kappa shape index (κ3) is 4.41. The van der Waals surface area contributed by atoms with E-state index in [0.717, 1.165) is 29.8 Å². The second-order valence-corrected chi connectivity index (χ2v) is 6.52. The van der Waals surface area contributed by atoms with Crippen LogP contribution in [0.3, 0.4) is 0 Å². The van der Waals surface area contributed by atoms with E-state index in [1.165, 1.54) is 6.08 Å². The van der Waals surface area contributed by atoms with Crippen molar-refractivity contribution in [2.24, 2.45) is 0 Å². The molecular weight excluding hydrogens is 342 g/mol. The molecule has 4 rings (SSSR count). The van der Waals surface area contributed by atoms with Crippen molar-refractivity contribution in [2.45, 2.75) is 18.8 Å². The molecule has 136 valence electrons. The van der Waals surface area contributed by atoms with Crippen LogP contribution in [0.5, 0.6) is 0 Å². The van der Waals surface area contributed by atoms with Crippen LogP contribution in [0.1, 0.15) is 30.2 Å². The molecule has 2 amide bonds. The van der Waals surface area contributed by atoms with Gasteiger partial charge in [0.25, 0.3) is 0 Å². The highest BCUT2D eigenvalue weighted by Crippen LogP contribution is 2.40. The van der Waals surface area contributed by atoms with Gasteiger partial charge in [-0.1, -0.05) is 30.3 Å². The first kappa shape index (κ1) is 17.0. The van der Waals surface area contributed by atoms with Gasteiger partial charge in [0.1, 0.15) is 5.52 Å². The van der Waals surface area contributed by atoms with Crippen LogP contribution >= 0.6 is 0 Å². The van der Waals surface area contributed by atoms with Gasteiger partial charge in [0, 0.05) is 17.7 Å². The van der Waals surface area contributed by atoms with Crippen molar-refractivity contribution in [1.82, 2.24) is 10.3 Å². The molecule has 2 N–H and O–H groups in total. The van der Waals surface area contributed by atoms with Crippen molar-refractivity contribution < 1.29 is 14.0 Å². The smallest absolute Gasteiger partial charge is 0.244 e. The Morgan fingerprint density at radius 2 is 1.96 bits per heavy atom. The number of oxazole rings is 1. The molecule has 0 aliphatic heterocycles. The summed E-state index contributed by atoms with van der Waals surface area (Å²) in [5.41, 5.74) is 2.99. The standard InChI is InChI=1S/C21H19N3O3/c25-19(11-6-14-4-2-1-3-5-14)22-13-20(26)23-16-9-10-18-17(12-16)24-21(27-18)15-7-8-15/h1-6,9-12,15H,7-8,13H2,(H,22,25)(H,23,26)/b11-6+. The number of rotatable bonds is 6. The number of nitrogens with one attached hydrogen (secondary N) is 2. The minimum absolute atomic E-state index is 0.109. The Morgan fingerprint density at radius 3 is 2.74 bits per heavy atom. The zero-order valence-electron chi connectivity index (χ0n) is 14.6. The van der Waals surface area contributed by atoms with Crippen LogP contribution < -0.4 is 10.6 Å². The van der Waals surface area contributed by atoms with Crippen molar-refractivity contribution in [1.29, 1.82) is 0 Å². The lowest BCUT2D eigenvalue weighted by atomic mass is 10.2. The molecule has 0 atom stereocenters. The average molecular weight is 361 g/mol. The molecule has 0 bridgehead atoms. The minimum Gasteiger partial charge on any atom is -0.440 e.